The van der Waals surface area contributed by atoms with Gasteiger partial charge in [0.2, 0.25) is 0 Å². The highest BCUT2D eigenvalue weighted by atomic mass is 14.7. The third kappa shape index (κ3) is 5.54. The summed E-state index contributed by atoms with van der Waals surface area (Å²) in [6, 6.07) is 0. The van der Waals surface area contributed by atoms with Crippen LogP contribution in [-0.2, 0) is 0 Å². The van der Waals surface area contributed by atoms with Crippen LogP contribution >= 0.6 is 0 Å². The van der Waals surface area contributed by atoms with Crippen molar-refractivity contribution in [2.75, 3.05) is 0 Å². The summed E-state index contributed by atoms with van der Waals surface area (Å²) in [5.74, 6) is 0. The van der Waals surface area contributed by atoms with Gasteiger partial charge in [-0.15, -0.1) is 0 Å². The molecule has 0 saturated heterocycles. The van der Waals surface area contributed by atoms with Crippen molar-refractivity contribution in [2.24, 2.45) is 4.99 Å². The molecule has 0 N–H and O–H groups in total. The van der Waals surface area contributed by atoms with E-state index in [1.807, 2.05) is 13.1 Å². The lowest BCUT2D eigenvalue weighted by atomic mass is 10.3. The SMILES string of the molecule is CC/C=C(\C)N=CCCC. The molecule has 0 saturated carbocycles. The monoisotopic (exact) mass is 139 g/mol. The molecule has 0 aliphatic heterocycles. The average molecular weight is 139 g/mol. The van der Waals surface area contributed by atoms with Gasteiger partial charge in [-0.25, -0.2) is 0 Å². The molecular formula is C9H17N. The molecule has 0 fully saturated rings. The fraction of sp³-hybridized carbons (Fsp3) is 0.667. The molecule has 10 heavy (non-hydrogen) atoms. The van der Waals surface area contributed by atoms with Crippen molar-refractivity contribution in [3.63, 3.8) is 0 Å². The van der Waals surface area contributed by atoms with Crippen LogP contribution in [0.4, 0.5) is 0 Å². The highest BCUT2D eigenvalue weighted by Crippen LogP contribution is 1.95. The number of rotatable bonds is 4. The molecule has 0 aromatic rings. The van der Waals surface area contributed by atoms with Gasteiger partial charge in [0.25, 0.3) is 0 Å². The summed E-state index contributed by atoms with van der Waals surface area (Å²) in [6.45, 7) is 6.32. The molecule has 0 spiro atoms. The Labute approximate surface area is 63.9 Å². The zero-order chi connectivity index (χ0) is 7.82. The van der Waals surface area contributed by atoms with Gasteiger partial charge < -0.3 is 0 Å². The fourth-order valence-corrected chi connectivity index (χ4v) is 0.686. The van der Waals surface area contributed by atoms with Gasteiger partial charge >= 0.3 is 0 Å². The molecular weight excluding hydrogens is 122 g/mol. The lowest BCUT2D eigenvalue weighted by Gasteiger charge is -1.88. The van der Waals surface area contributed by atoms with Crippen LogP contribution in [0.25, 0.3) is 0 Å². The molecule has 0 heterocycles. The standard InChI is InChI=1S/C9H17N/c1-4-6-8-10-9(3)7-5-2/h7-8H,4-6H2,1-3H3/b9-7+,10-8?. The summed E-state index contributed by atoms with van der Waals surface area (Å²) in [7, 11) is 0. The fourth-order valence-electron chi connectivity index (χ4n) is 0.686. The van der Waals surface area contributed by atoms with Crippen LogP contribution in [0.1, 0.15) is 40.0 Å². The number of allylic oxidation sites excluding steroid dienone is 2. The van der Waals surface area contributed by atoms with E-state index in [-0.39, 0.29) is 0 Å². The van der Waals surface area contributed by atoms with Gasteiger partial charge in [0.05, 0.1) is 0 Å². The first-order valence-corrected chi connectivity index (χ1v) is 4.00. The largest absolute Gasteiger partial charge is 0.266 e. The first-order chi connectivity index (χ1) is 4.81. The lowest BCUT2D eigenvalue weighted by Crippen LogP contribution is -1.74. The molecule has 0 bridgehead atoms. The van der Waals surface area contributed by atoms with E-state index in [1.54, 1.807) is 0 Å². The zero-order valence-corrected chi connectivity index (χ0v) is 7.22. The maximum atomic E-state index is 4.24. The van der Waals surface area contributed by atoms with E-state index in [2.05, 4.69) is 24.9 Å². The smallest absolute Gasteiger partial charge is 0.0328 e. The molecule has 0 unspecified atom stereocenters. The number of hydrogen-bond acceptors (Lipinski definition) is 1. The normalized spacial score (nSPS) is 12.9. The maximum absolute atomic E-state index is 4.24. The second kappa shape index (κ2) is 6.53. The van der Waals surface area contributed by atoms with Crippen LogP contribution in [0.2, 0.25) is 0 Å². The second-order valence-electron chi connectivity index (χ2n) is 2.35. The third-order valence-corrected chi connectivity index (χ3v) is 1.21. The highest BCUT2D eigenvalue weighted by Gasteiger charge is 1.78. The van der Waals surface area contributed by atoms with Gasteiger partial charge in [-0.05, 0) is 19.8 Å². The van der Waals surface area contributed by atoms with E-state index >= 15 is 0 Å². The van der Waals surface area contributed by atoms with Gasteiger partial charge in [0, 0.05) is 11.9 Å². The van der Waals surface area contributed by atoms with E-state index in [0.29, 0.717) is 0 Å². The van der Waals surface area contributed by atoms with Gasteiger partial charge in [-0.2, -0.15) is 0 Å². The van der Waals surface area contributed by atoms with E-state index in [4.69, 9.17) is 0 Å². The molecule has 0 atom stereocenters. The number of hydrogen-bond donors (Lipinski definition) is 0. The molecule has 58 valence electrons. The van der Waals surface area contributed by atoms with Crippen LogP contribution in [0.15, 0.2) is 16.8 Å². The van der Waals surface area contributed by atoms with Crippen molar-refractivity contribution < 1.29 is 0 Å². The maximum Gasteiger partial charge on any atom is 0.0328 e. The Morgan fingerprint density at radius 3 is 2.60 bits per heavy atom. The average Bonchev–Trinajstić information content (AvgIpc) is 1.89. The van der Waals surface area contributed by atoms with Crippen LogP contribution in [0, 0.1) is 0 Å². The van der Waals surface area contributed by atoms with Gasteiger partial charge in [0.15, 0.2) is 0 Å². The zero-order valence-electron chi connectivity index (χ0n) is 7.22. The van der Waals surface area contributed by atoms with Crippen molar-refractivity contribution in [3.8, 4) is 0 Å². The van der Waals surface area contributed by atoms with E-state index in [1.165, 1.54) is 6.42 Å². The Hall–Kier alpha value is -0.590. The molecule has 0 aromatic heterocycles. The van der Waals surface area contributed by atoms with Crippen LogP contribution in [0.3, 0.4) is 0 Å². The Morgan fingerprint density at radius 2 is 2.10 bits per heavy atom. The number of nitrogens with zero attached hydrogens (tertiary/aromatic N) is 1. The summed E-state index contributed by atoms with van der Waals surface area (Å²) >= 11 is 0. The first-order valence-electron chi connectivity index (χ1n) is 4.00. The summed E-state index contributed by atoms with van der Waals surface area (Å²) in [6.07, 6.45) is 7.47. The predicted octanol–water partition coefficient (Wildman–Crippen LogP) is 3.17. The highest BCUT2D eigenvalue weighted by molar-refractivity contribution is 5.58. The molecule has 1 nitrogen and oxygen atoms in total. The van der Waals surface area contributed by atoms with Crippen molar-refractivity contribution in [1.82, 2.24) is 0 Å². The minimum atomic E-state index is 1.08. The quantitative estimate of drug-likeness (QED) is 0.530. The van der Waals surface area contributed by atoms with Crippen molar-refractivity contribution >= 4 is 6.21 Å². The molecule has 0 aliphatic carbocycles. The molecule has 0 radical (unpaired) electrons. The minimum Gasteiger partial charge on any atom is -0.266 e. The molecule has 0 amide bonds. The van der Waals surface area contributed by atoms with E-state index in [9.17, 15) is 0 Å². The van der Waals surface area contributed by atoms with Gasteiger partial charge in [-0.3, -0.25) is 4.99 Å². The third-order valence-electron chi connectivity index (χ3n) is 1.21. The summed E-state index contributed by atoms with van der Waals surface area (Å²) in [5, 5.41) is 0. The summed E-state index contributed by atoms with van der Waals surface area (Å²) in [5.41, 5.74) is 1.14. The van der Waals surface area contributed by atoms with Gasteiger partial charge in [-0.1, -0.05) is 26.3 Å². The summed E-state index contributed by atoms with van der Waals surface area (Å²) < 4.78 is 0. The van der Waals surface area contributed by atoms with Crippen LogP contribution < -0.4 is 0 Å². The number of unbranched alkanes of at least 4 members (excludes halogenated alkanes) is 1. The lowest BCUT2D eigenvalue weighted by molar-refractivity contribution is 1.00. The molecule has 0 aliphatic rings. The van der Waals surface area contributed by atoms with E-state index < -0.39 is 0 Å². The van der Waals surface area contributed by atoms with E-state index in [0.717, 1.165) is 18.5 Å². The Balaban J connectivity index is 3.55. The van der Waals surface area contributed by atoms with Crippen LogP contribution in [-0.4, -0.2) is 6.21 Å². The van der Waals surface area contributed by atoms with Crippen molar-refractivity contribution in [2.45, 2.75) is 40.0 Å². The van der Waals surface area contributed by atoms with Crippen molar-refractivity contribution in [3.05, 3.63) is 11.8 Å². The summed E-state index contributed by atoms with van der Waals surface area (Å²) in [4.78, 5) is 4.24. The first kappa shape index (κ1) is 9.41. The van der Waals surface area contributed by atoms with Crippen molar-refractivity contribution in [1.29, 1.82) is 0 Å². The predicted molar refractivity (Wildman–Crippen MR) is 47.4 cm³/mol. The van der Waals surface area contributed by atoms with Gasteiger partial charge in [0.1, 0.15) is 0 Å². The molecule has 1 heteroatoms. The second-order valence-corrected chi connectivity index (χ2v) is 2.35. The number of aliphatic imine (C=N–C) groups is 1. The topological polar surface area (TPSA) is 12.4 Å². The van der Waals surface area contributed by atoms with Crippen LogP contribution in [0.5, 0.6) is 0 Å². The Kier molecular flexibility index (Phi) is 6.14. The minimum absolute atomic E-state index is 1.08. The Bertz CT molecular complexity index is 123. The molecule has 0 rings (SSSR count). The Morgan fingerprint density at radius 1 is 1.40 bits per heavy atom. The molecule has 0 aromatic carbocycles.